The molecule has 0 spiro atoms. The largest absolute Gasteiger partial charge is 0.481 e. The van der Waals surface area contributed by atoms with E-state index in [1.165, 1.54) is 6.20 Å². The van der Waals surface area contributed by atoms with Crippen molar-refractivity contribution in [2.75, 3.05) is 0 Å². The minimum atomic E-state index is -0.889. The van der Waals surface area contributed by atoms with Crippen LogP contribution < -0.4 is 5.32 Å². The molecule has 2 atom stereocenters. The van der Waals surface area contributed by atoms with Crippen LogP contribution in [0.1, 0.15) is 36.3 Å². The Morgan fingerprint density at radius 3 is 2.71 bits per heavy atom. The normalized spacial score (nSPS) is 12.9. The third kappa shape index (κ3) is 5.50. The molecule has 0 radical (unpaired) electrons. The zero-order valence-electron chi connectivity index (χ0n) is 11.9. The summed E-state index contributed by atoms with van der Waals surface area (Å²) in [6.07, 6.45) is 1.74. The molecular weight excluding hydrogens is 274 g/mol. The van der Waals surface area contributed by atoms with Crippen molar-refractivity contribution in [3.63, 3.8) is 0 Å². The van der Waals surface area contributed by atoms with Gasteiger partial charge in [-0.25, -0.2) is 0 Å². The molecule has 1 aromatic heterocycles. The number of rotatable bonds is 7. The molecule has 1 aromatic rings. The number of carbonyl (C=O) groups excluding carboxylic acids is 1. The molecule has 0 aliphatic carbocycles. The Labute approximate surface area is 121 Å². The van der Waals surface area contributed by atoms with Crippen LogP contribution in [0.25, 0.3) is 10.4 Å². The number of carbonyl (C=O) groups is 2. The van der Waals surface area contributed by atoms with Crippen LogP contribution in [0.4, 0.5) is 0 Å². The van der Waals surface area contributed by atoms with Gasteiger partial charge < -0.3 is 10.4 Å². The van der Waals surface area contributed by atoms with E-state index in [9.17, 15) is 9.59 Å². The van der Waals surface area contributed by atoms with E-state index in [-0.39, 0.29) is 18.5 Å². The molecular formula is C13H17N5O3. The van der Waals surface area contributed by atoms with E-state index >= 15 is 0 Å². The summed E-state index contributed by atoms with van der Waals surface area (Å²) in [5, 5.41) is 14.9. The van der Waals surface area contributed by atoms with Gasteiger partial charge in [0.1, 0.15) is 0 Å². The highest BCUT2D eigenvalue weighted by molar-refractivity contribution is 5.94. The fraction of sp³-hybridized carbons (Fsp3) is 0.462. The lowest BCUT2D eigenvalue weighted by Crippen LogP contribution is -2.34. The van der Waals surface area contributed by atoms with Crippen molar-refractivity contribution in [2.24, 2.45) is 11.0 Å². The Morgan fingerprint density at radius 1 is 1.48 bits per heavy atom. The quantitative estimate of drug-likeness (QED) is 0.453. The van der Waals surface area contributed by atoms with Gasteiger partial charge in [0.25, 0.3) is 5.91 Å². The minimum Gasteiger partial charge on any atom is -0.481 e. The van der Waals surface area contributed by atoms with Gasteiger partial charge in [0.05, 0.1) is 18.0 Å². The summed E-state index contributed by atoms with van der Waals surface area (Å²) in [5.41, 5.74) is 9.14. The first-order chi connectivity index (χ1) is 9.93. The Morgan fingerprint density at radius 2 is 2.19 bits per heavy atom. The summed E-state index contributed by atoms with van der Waals surface area (Å²) in [7, 11) is 0. The number of nitrogens with zero attached hydrogens (tertiary/aromatic N) is 4. The molecule has 112 valence electrons. The van der Waals surface area contributed by atoms with Crippen molar-refractivity contribution >= 4 is 11.9 Å². The van der Waals surface area contributed by atoms with E-state index in [1.54, 1.807) is 26.0 Å². The van der Waals surface area contributed by atoms with Crippen LogP contribution >= 0.6 is 0 Å². The van der Waals surface area contributed by atoms with Gasteiger partial charge in [-0.3, -0.25) is 14.6 Å². The maximum atomic E-state index is 12.0. The van der Waals surface area contributed by atoms with Crippen molar-refractivity contribution < 1.29 is 14.7 Å². The molecule has 1 amide bonds. The predicted octanol–water partition coefficient (Wildman–Crippen LogP) is 2.12. The van der Waals surface area contributed by atoms with Crippen molar-refractivity contribution in [1.29, 1.82) is 0 Å². The monoisotopic (exact) mass is 291 g/mol. The number of nitrogens with one attached hydrogen (secondary N) is 1. The number of azide groups is 1. The lowest BCUT2D eigenvalue weighted by atomic mass is 10.0. The lowest BCUT2D eigenvalue weighted by Gasteiger charge is -2.16. The third-order valence-corrected chi connectivity index (χ3v) is 2.89. The Balaban J connectivity index is 2.58. The van der Waals surface area contributed by atoms with E-state index in [1.807, 2.05) is 0 Å². The van der Waals surface area contributed by atoms with Crippen molar-refractivity contribution in [3.05, 3.63) is 40.0 Å². The van der Waals surface area contributed by atoms with Gasteiger partial charge in [0.2, 0.25) is 0 Å². The summed E-state index contributed by atoms with van der Waals surface area (Å²) in [6.45, 7) is 3.47. The average molecular weight is 291 g/mol. The smallest absolute Gasteiger partial charge is 0.306 e. The summed E-state index contributed by atoms with van der Waals surface area (Å²) < 4.78 is 0. The van der Waals surface area contributed by atoms with Crippen LogP contribution in [-0.4, -0.2) is 28.0 Å². The van der Waals surface area contributed by atoms with Gasteiger partial charge in [-0.1, -0.05) is 12.0 Å². The van der Waals surface area contributed by atoms with Gasteiger partial charge in [0.15, 0.2) is 0 Å². The second kappa shape index (κ2) is 7.86. The van der Waals surface area contributed by atoms with Gasteiger partial charge in [-0.15, -0.1) is 0 Å². The topological polar surface area (TPSA) is 128 Å². The first-order valence-corrected chi connectivity index (χ1v) is 6.43. The van der Waals surface area contributed by atoms with E-state index in [2.05, 4.69) is 20.3 Å². The average Bonchev–Trinajstić information content (AvgIpc) is 2.45. The molecule has 0 fully saturated rings. The molecule has 0 bridgehead atoms. The number of aliphatic carboxylic acids is 1. The molecule has 1 heterocycles. The molecule has 1 rings (SSSR count). The predicted molar refractivity (Wildman–Crippen MR) is 75.4 cm³/mol. The second-order valence-electron chi connectivity index (χ2n) is 4.78. The molecule has 0 aromatic carbocycles. The Bertz CT molecular complexity index is 551. The minimum absolute atomic E-state index is 0.130. The summed E-state index contributed by atoms with van der Waals surface area (Å²) in [5.74, 6) is -1.73. The third-order valence-electron chi connectivity index (χ3n) is 2.89. The van der Waals surface area contributed by atoms with Gasteiger partial charge in [-0.2, -0.15) is 0 Å². The van der Waals surface area contributed by atoms with E-state index in [4.69, 9.17) is 10.6 Å². The maximum absolute atomic E-state index is 12.0. The fourth-order valence-corrected chi connectivity index (χ4v) is 1.75. The number of hydrogen-bond acceptors (Lipinski definition) is 4. The molecule has 2 unspecified atom stereocenters. The number of pyridine rings is 1. The van der Waals surface area contributed by atoms with Crippen LogP contribution in [0.3, 0.4) is 0 Å². The first-order valence-electron chi connectivity index (χ1n) is 6.43. The Hall–Kier alpha value is -2.60. The summed E-state index contributed by atoms with van der Waals surface area (Å²) in [4.78, 5) is 29.3. The van der Waals surface area contributed by atoms with Crippen molar-refractivity contribution in [3.8, 4) is 0 Å². The van der Waals surface area contributed by atoms with E-state index < -0.39 is 11.9 Å². The highest BCUT2D eigenvalue weighted by atomic mass is 16.4. The molecule has 21 heavy (non-hydrogen) atoms. The van der Waals surface area contributed by atoms with E-state index in [0.717, 1.165) is 0 Å². The zero-order valence-corrected chi connectivity index (χ0v) is 11.9. The molecule has 2 N–H and O–H groups in total. The molecule has 0 saturated heterocycles. The maximum Gasteiger partial charge on any atom is 0.306 e. The van der Waals surface area contributed by atoms with Gasteiger partial charge in [-0.05, 0) is 31.0 Å². The Kier molecular flexibility index (Phi) is 6.16. The number of hydrogen-bond donors (Lipinski definition) is 2. The first kappa shape index (κ1) is 16.5. The van der Waals surface area contributed by atoms with Crippen LogP contribution in [0.2, 0.25) is 0 Å². The zero-order chi connectivity index (χ0) is 15.8. The fourth-order valence-electron chi connectivity index (χ4n) is 1.75. The van der Waals surface area contributed by atoms with E-state index in [0.29, 0.717) is 17.7 Å². The molecule has 0 aliphatic rings. The number of carboxylic acid groups (broad SMARTS) is 1. The highest BCUT2D eigenvalue weighted by Gasteiger charge is 2.17. The second-order valence-corrected chi connectivity index (χ2v) is 4.78. The molecule has 8 nitrogen and oxygen atoms in total. The number of amides is 1. The standard InChI is InChI=1S/C13H17N5O3/c1-8(13(20)21)5-9(2)17-12(19)10-3-4-11(15-6-10)7-16-18-14/h3-4,6,8-9H,5,7H2,1-2H3,(H,17,19)(H,20,21). The molecule has 0 aliphatic heterocycles. The van der Waals surface area contributed by atoms with Gasteiger partial charge >= 0.3 is 5.97 Å². The van der Waals surface area contributed by atoms with Crippen LogP contribution in [0, 0.1) is 5.92 Å². The lowest BCUT2D eigenvalue weighted by molar-refractivity contribution is -0.141. The molecule has 0 saturated carbocycles. The summed E-state index contributed by atoms with van der Waals surface area (Å²) >= 11 is 0. The van der Waals surface area contributed by atoms with Crippen molar-refractivity contribution in [2.45, 2.75) is 32.9 Å². The van der Waals surface area contributed by atoms with Crippen LogP contribution in [0.15, 0.2) is 23.4 Å². The van der Waals surface area contributed by atoms with Gasteiger partial charge in [0, 0.05) is 22.8 Å². The summed E-state index contributed by atoms with van der Waals surface area (Å²) in [6, 6.07) is 2.93. The van der Waals surface area contributed by atoms with Crippen LogP contribution in [0.5, 0.6) is 0 Å². The van der Waals surface area contributed by atoms with Crippen LogP contribution in [-0.2, 0) is 11.3 Å². The highest BCUT2D eigenvalue weighted by Crippen LogP contribution is 2.07. The SMILES string of the molecule is CC(CC(C)C(=O)O)NC(=O)c1ccc(CN=[N+]=[N-])nc1. The van der Waals surface area contributed by atoms with Crippen molar-refractivity contribution in [1.82, 2.24) is 10.3 Å². The number of carboxylic acids is 1. The molecule has 8 heteroatoms. The number of aromatic nitrogens is 1.